The van der Waals surface area contributed by atoms with E-state index in [1.54, 1.807) is 6.26 Å². The predicted octanol–water partition coefficient (Wildman–Crippen LogP) is 2.07. The van der Waals surface area contributed by atoms with Gasteiger partial charge in [-0.1, -0.05) is 0 Å². The van der Waals surface area contributed by atoms with E-state index in [1.165, 1.54) is 13.3 Å². The molecule has 2 heterocycles. The molecule has 1 amide bonds. The first-order valence-corrected chi connectivity index (χ1v) is 9.14. The van der Waals surface area contributed by atoms with E-state index in [4.69, 9.17) is 9.15 Å². The van der Waals surface area contributed by atoms with Crippen LogP contribution in [0.2, 0.25) is 0 Å². The Labute approximate surface area is 172 Å². The van der Waals surface area contributed by atoms with Crippen molar-refractivity contribution >= 4 is 35.8 Å². The van der Waals surface area contributed by atoms with E-state index in [9.17, 15) is 4.79 Å². The van der Waals surface area contributed by atoms with Gasteiger partial charge in [0.25, 0.3) is 0 Å². The van der Waals surface area contributed by atoms with Crippen LogP contribution in [0.1, 0.15) is 38.4 Å². The van der Waals surface area contributed by atoms with Crippen LogP contribution in [0.4, 0.5) is 0 Å². The summed E-state index contributed by atoms with van der Waals surface area (Å²) in [5.41, 5.74) is 0. The molecule has 1 fully saturated rings. The molecule has 3 N–H and O–H groups in total. The first-order chi connectivity index (χ1) is 12.2. The molecule has 148 valence electrons. The largest absolute Gasteiger partial charge is 0.469 e. The Morgan fingerprint density at radius 1 is 1.23 bits per heavy atom. The number of hydrogen-bond donors (Lipinski definition) is 3. The van der Waals surface area contributed by atoms with Gasteiger partial charge < -0.3 is 25.1 Å². The highest BCUT2D eigenvalue weighted by atomic mass is 127. The Morgan fingerprint density at radius 3 is 2.73 bits per heavy atom. The van der Waals surface area contributed by atoms with Crippen LogP contribution in [-0.4, -0.2) is 50.8 Å². The van der Waals surface area contributed by atoms with E-state index in [1.807, 2.05) is 12.1 Å². The molecule has 1 aliphatic heterocycles. The Morgan fingerprint density at radius 2 is 2.04 bits per heavy atom. The fourth-order valence-electron chi connectivity index (χ4n) is 2.64. The van der Waals surface area contributed by atoms with E-state index >= 15 is 0 Å². The Bertz CT molecular complexity index is 517. The summed E-state index contributed by atoms with van der Waals surface area (Å²) >= 11 is 0. The first kappa shape index (κ1) is 22.8. The Kier molecular flexibility index (Phi) is 12.1. The Hall–Kier alpha value is -1.29. The zero-order chi connectivity index (χ0) is 17.7. The summed E-state index contributed by atoms with van der Waals surface area (Å²) < 4.78 is 11.1. The van der Waals surface area contributed by atoms with Gasteiger partial charge in [0.05, 0.1) is 18.9 Å². The lowest BCUT2D eigenvalue weighted by Crippen LogP contribution is -2.40. The van der Waals surface area contributed by atoms with Gasteiger partial charge in [0.2, 0.25) is 5.91 Å². The standard InChI is InChI=1S/C18H30N4O3.HI/c1-15(23)19-9-5-10-20-18(21-11-8-16-7-4-13-24-16)22-14-17-6-2-3-12-25-17;/h4,7,13,17H,2-3,5-6,8-12,14H2,1H3,(H,19,23)(H2,20,21,22);1H. The van der Waals surface area contributed by atoms with E-state index in [0.717, 1.165) is 57.1 Å². The minimum absolute atomic E-state index is 0. The van der Waals surface area contributed by atoms with Crippen LogP contribution in [0, 0.1) is 0 Å². The molecule has 26 heavy (non-hydrogen) atoms. The highest BCUT2D eigenvalue weighted by Crippen LogP contribution is 2.12. The van der Waals surface area contributed by atoms with E-state index in [0.29, 0.717) is 13.1 Å². The van der Waals surface area contributed by atoms with Crippen molar-refractivity contribution in [1.82, 2.24) is 16.0 Å². The summed E-state index contributed by atoms with van der Waals surface area (Å²) in [5.74, 6) is 1.73. The lowest BCUT2D eigenvalue weighted by atomic mass is 10.1. The molecule has 0 radical (unpaired) electrons. The molecule has 0 aromatic carbocycles. The number of nitrogens with one attached hydrogen (secondary N) is 3. The van der Waals surface area contributed by atoms with Crippen LogP contribution in [0.5, 0.6) is 0 Å². The van der Waals surface area contributed by atoms with Gasteiger partial charge in [-0.05, 0) is 37.8 Å². The molecule has 0 bridgehead atoms. The van der Waals surface area contributed by atoms with Crippen molar-refractivity contribution in [2.45, 2.75) is 45.1 Å². The second-order valence-electron chi connectivity index (χ2n) is 6.20. The fourth-order valence-corrected chi connectivity index (χ4v) is 2.64. The number of amides is 1. The topological polar surface area (TPSA) is 87.9 Å². The molecule has 8 heteroatoms. The number of rotatable bonds is 9. The van der Waals surface area contributed by atoms with Gasteiger partial charge >= 0.3 is 0 Å². The predicted molar refractivity (Wildman–Crippen MR) is 113 cm³/mol. The number of carbonyl (C=O) groups is 1. The second kappa shape index (κ2) is 13.9. The van der Waals surface area contributed by atoms with Crippen molar-refractivity contribution < 1.29 is 13.9 Å². The third kappa shape index (κ3) is 10.0. The van der Waals surface area contributed by atoms with Crippen molar-refractivity contribution in [2.75, 3.05) is 32.8 Å². The van der Waals surface area contributed by atoms with Crippen LogP contribution >= 0.6 is 24.0 Å². The molecule has 1 unspecified atom stereocenters. The van der Waals surface area contributed by atoms with E-state index in [-0.39, 0.29) is 36.0 Å². The molecule has 1 aromatic heterocycles. The average molecular weight is 478 g/mol. The average Bonchev–Trinajstić information content (AvgIpc) is 3.13. The number of furan rings is 1. The summed E-state index contributed by atoms with van der Waals surface area (Å²) in [5, 5.41) is 9.44. The highest BCUT2D eigenvalue weighted by Gasteiger charge is 2.13. The zero-order valence-electron chi connectivity index (χ0n) is 15.5. The van der Waals surface area contributed by atoms with Gasteiger partial charge in [-0.25, -0.2) is 0 Å². The van der Waals surface area contributed by atoms with Crippen LogP contribution in [0.3, 0.4) is 0 Å². The van der Waals surface area contributed by atoms with Crippen molar-refractivity contribution in [2.24, 2.45) is 4.99 Å². The zero-order valence-corrected chi connectivity index (χ0v) is 17.8. The summed E-state index contributed by atoms with van der Waals surface area (Å²) in [6.45, 7) is 5.19. The normalized spacial score (nSPS) is 17.3. The minimum atomic E-state index is -0.0000827. The van der Waals surface area contributed by atoms with Crippen molar-refractivity contribution in [3.8, 4) is 0 Å². The number of guanidine groups is 1. The molecule has 1 aromatic rings. The summed E-state index contributed by atoms with van der Waals surface area (Å²) in [7, 11) is 0. The SMILES string of the molecule is CC(=O)NCCCNC(=NCC1CCCCO1)NCCc1ccco1.I. The van der Waals surface area contributed by atoms with Gasteiger partial charge in [-0.3, -0.25) is 9.79 Å². The van der Waals surface area contributed by atoms with Crippen LogP contribution < -0.4 is 16.0 Å². The summed E-state index contributed by atoms with van der Waals surface area (Å²) in [6, 6.07) is 3.86. The smallest absolute Gasteiger partial charge is 0.216 e. The number of nitrogens with zero attached hydrogens (tertiary/aromatic N) is 1. The Balaban J connectivity index is 0.00000338. The molecule has 2 rings (SSSR count). The van der Waals surface area contributed by atoms with Crippen molar-refractivity contribution in [3.63, 3.8) is 0 Å². The number of aliphatic imine (C=N–C) groups is 1. The van der Waals surface area contributed by atoms with Gasteiger partial charge in [-0.2, -0.15) is 0 Å². The van der Waals surface area contributed by atoms with Gasteiger partial charge in [0, 0.05) is 39.6 Å². The quantitative estimate of drug-likeness (QED) is 0.219. The van der Waals surface area contributed by atoms with Gasteiger partial charge in [0.15, 0.2) is 5.96 Å². The third-order valence-corrected chi connectivity index (χ3v) is 3.99. The fraction of sp³-hybridized carbons (Fsp3) is 0.667. The number of hydrogen-bond acceptors (Lipinski definition) is 4. The van der Waals surface area contributed by atoms with Gasteiger partial charge in [0.1, 0.15) is 5.76 Å². The molecular weight excluding hydrogens is 447 g/mol. The van der Waals surface area contributed by atoms with E-state index in [2.05, 4.69) is 20.9 Å². The second-order valence-corrected chi connectivity index (χ2v) is 6.20. The molecule has 1 aliphatic rings. The number of ether oxygens (including phenoxy) is 1. The molecule has 1 saturated heterocycles. The van der Waals surface area contributed by atoms with Crippen LogP contribution in [0.15, 0.2) is 27.8 Å². The van der Waals surface area contributed by atoms with E-state index < -0.39 is 0 Å². The molecule has 0 spiro atoms. The molecule has 0 saturated carbocycles. The summed E-state index contributed by atoms with van der Waals surface area (Å²) in [6.07, 6.45) is 6.99. The van der Waals surface area contributed by atoms with Crippen LogP contribution in [0.25, 0.3) is 0 Å². The molecular formula is C18H31IN4O3. The third-order valence-electron chi connectivity index (χ3n) is 3.99. The summed E-state index contributed by atoms with van der Waals surface area (Å²) in [4.78, 5) is 15.5. The maximum atomic E-state index is 10.9. The lowest BCUT2D eigenvalue weighted by molar-refractivity contribution is -0.118. The minimum Gasteiger partial charge on any atom is -0.469 e. The number of halogens is 1. The number of carbonyl (C=O) groups excluding carboxylic acids is 1. The molecule has 1 atom stereocenters. The maximum Gasteiger partial charge on any atom is 0.216 e. The van der Waals surface area contributed by atoms with Crippen LogP contribution in [-0.2, 0) is 16.0 Å². The molecule has 7 nitrogen and oxygen atoms in total. The van der Waals surface area contributed by atoms with Crippen molar-refractivity contribution in [1.29, 1.82) is 0 Å². The maximum absolute atomic E-state index is 10.9. The first-order valence-electron chi connectivity index (χ1n) is 9.14. The molecule has 0 aliphatic carbocycles. The highest BCUT2D eigenvalue weighted by molar-refractivity contribution is 14.0. The van der Waals surface area contributed by atoms with Crippen molar-refractivity contribution in [3.05, 3.63) is 24.2 Å². The lowest BCUT2D eigenvalue weighted by Gasteiger charge is -2.21. The monoisotopic (exact) mass is 478 g/mol. The van der Waals surface area contributed by atoms with Gasteiger partial charge in [-0.15, -0.1) is 24.0 Å².